The van der Waals surface area contributed by atoms with Gasteiger partial charge in [-0.1, -0.05) is 11.6 Å². The molecule has 0 bridgehead atoms. The minimum atomic E-state index is -1.09. The van der Waals surface area contributed by atoms with E-state index in [2.05, 4.69) is 0 Å². The molecule has 0 radical (unpaired) electrons. The SMILES string of the molecule is CCOC(=O)C(C(=O)OCC)=C(O)c1ccc([N+](=O)[O-])cc1Cl. The Balaban J connectivity index is 3.42. The third kappa shape index (κ3) is 4.43. The lowest BCUT2D eigenvalue weighted by Crippen LogP contribution is -2.20. The molecule has 8 nitrogen and oxygen atoms in total. The van der Waals surface area contributed by atoms with Gasteiger partial charge >= 0.3 is 11.9 Å². The van der Waals surface area contributed by atoms with Crippen molar-refractivity contribution >= 4 is 35.0 Å². The smallest absolute Gasteiger partial charge is 0.349 e. The van der Waals surface area contributed by atoms with Gasteiger partial charge in [-0.2, -0.15) is 0 Å². The van der Waals surface area contributed by atoms with Gasteiger partial charge in [-0.3, -0.25) is 10.1 Å². The Morgan fingerprint density at radius 3 is 2.13 bits per heavy atom. The zero-order valence-corrected chi connectivity index (χ0v) is 13.1. The molecular weight excluding hydrogens is 330 g/mol. The molecule has 0 spiro atoms. The van der Waals surface area contributed by atoms with E-state index in [4.69, 9.17) is 21.1 Å². The van der Waals surface area contributed by atoms with Crippen LogP contribution in [0.2, 0.25) is 5.02 Å². The van der Waals surface area contributed by atoms with Crippen molar-refractivity contribution in [2.45, 2.75) is 13.8 Å². The Morgan fingerprint density at radius 2 is 1.74 bits per heavy atom. The molecular formula is C14H14ClNO7. The topological polar surface area (TPSA) is 116 Å². The summed E-state index contributed by atoms with van der Waals surface area (Å²) >= 11 is 5.87. The van der Waals surface area contributed by atoms with Gasteiger partial charge < -0.3 is 14.6 Å². The molecule has 1 aromatic carbocycles. The van der Waals surface area contributed by atoms with Crippen LogP contribution in [0.15, 0.2) is 23.8 Å². The van der Waals surface area contributed by atoms with Gasteiger partial charge in [0.25, 0.3) is 5.69 Å². The van der Waals surface area contributed by atoms with Crippen molar-refractivity contribution in [2.24, 2.45) is 0 Å². The average molecular weight is 344 g/mol. The Kier molecular flexibility index (Phi) is 6.52. The quantitative estimate of drug-likeness (QED) is 0.160. The molecule has 1 N–H and O–H groups in total. The van der Waals surface area contributed by atoms with Crippen LogP contribution in [0.5, 0.6) is 0 Å². The molecule has 0 unspecified atom stereocenters. The van der Waals surface area contributed by atoms with Gasteiger partial charge in [-0.15, -0.1) is 0 Å². The van der Waals surface area contributed by atoms with Crippen LogP contribution in [-0.4, -0.2) is 35.2 Å². The van der Waals surface area contributed by atoms with E-state index in [0.29, 0.717) is 0 Å². The molecule has 0 amide bonds. The predicted molar refractivity (Wildman–Crippen MR) is 80.9 cm³/mol. The summed E-state index contributed by atoms with van der Waals surface area (Å²) in [7, 11) is 0. The number of hydrogen-bond acceptors (Lipinski definition) is 7. The fourth-order valence-electron chi connectivity index (χ4n) is 1.63. The standard InChI is InChI=1S/C14H14ClNO7/c1-3-22-13(18)11(14(19)23-4-2)12(17)9-6-5-8(16(20)21)7-10(9)15/h5-7,17H,3-4H2,1-2H3. The molecule has 0 aliphatic rings. The van der Waals surface area contributed by atoms with Crippen molar-refractivity contribution in [1.29, 1.82) is 0 Å². The summed E-state index contributed by atoms with van der Waals surface area (Å²) < 4.78 is 9.41. The highest BCUT2D eigenvalue weighted by molar-refractivity contribution is 6.33. The number of nitrogens with zero attached hydrogens (tertiary/aromatic N) is 1. The molecule has 23 heavy (non-hydrogen) atoms. The summed E-state index contributed by atoms with van der Waals surface area (Å²) in [6.07, 6.45) is 0. The van der Waals surface area contributed by atoms with Crippen molar-refractivity contribution < 1.29 is 29.1 Å². The van der Waals surface area contributed by atoms with E-state index in [-0.39, 0.29) is 29.5 Å². The van der Waals surface area contributed by atoms with Crippen LogP contribution in [0, 0.1) is 10.1 Å². The fraction of sp³-hybridized carbons (Fsp3) is 0.286. The third-order valence-corrected chi connectivity index (χ3v) is 2.93. The maximum atomic E-state index is 11.9. The number of hydrogen-bond donors (Lipinski definition) is 1. The number of non-ortho nitro benzene ring substituents is 1. The number of ether oxygens (including phenoxy) is 2. The fourth-order valence-corrected chi connectivity index (χ4v) is 1.89. The number of carbonyl (C=O) groups is 2. The number of halogens is 1. The van der Waals surface area contributed by atoms with E-state index in [1.54, 1.807) is 0 Å². The van der Waals surface area contributed by atoms with Crippen LogP contribution in [0.3, 0.4) is 0 Å². The van der Waals surface area contributed by atoms with Crippen LogP contribution >= 0.6 is 11.6 Å². The second-order valence-electron chi connectivity index (χ2n) is 4.09. The number of nitro groups is 1. The molecule has 0 atom stereocenters. The maximum absolute atomic E-state index is 11.9. The summed E-state index contributed by atoms with van der Waals surface area (Å²) in [6, 6.07) is 3.18. The summed E-state index contributed by atoms with van der Waals surface area (Å²) in [5, 5.41) is 20.7. The Bertz CT molecular complexity index is 649. The highest BCUT2D eigenvalue weighted by Crippen LogP contribution is 2.29. The summed E-state index contributed by atoms with van der Waals surface area (Å²) in [4.78, 5) is 33.7. The number of rotatable bonds is 6. The first kappa shape index (κ1) is 18.4. The van der Waals surface area contributed by atoms with E-state index in [0.717, 1.165) is 18.2 Å². The van der Waals surface area contributed by atoms with Crippen LogP contribution in [-0.2, 0) is 19.1 Å². The van der Waals surface area contributed by atoms with E-state index >= 15 is 0 Å². The van der Waals surface area contributed by atoms with Gasteiger partial charge in [0.1, 0.15) is 5.76 Å². The molecule has 124 valence electrons. The lowest BCUT2D eigenvalue weighted by Gasteiger charge is -2.10. The highest BCUT2D eigenvalue weighted by atomic mass is 35.5. The van der Waals surface area contributed by atoms with Crippen molar-refractivity contribution in [3.63, 3.8) is 0 Å². The van der Waals surface area contributed by atoms with E-state index in [1.807, 2.05) is 0 Å². The number of benzene rings is 1. The second-order valence-corrected chi connectivity index (χ2v) is 4.49. The van der Waals surface area contributed by atoms with Gasteiger partial charge in [-0.05, 0) is 19.9 Å². The molecule has 0 aliphatic carbocycles. The van der Waals surface area contributed by atoms with Gasteiger partial charge in [0.05, 0.1) is 23.2 Å². The zero-order chi connectivity index (χ0) is 17.6. The summed E-state index contributed by atoms with van der Waals surface area (Å²) in [6.45, 7) is 3.00. The van der Waals surface area contributed by atoms with Crippen LogP contribution in [0.4, 0.5) is 5.69 Å². The molecule has 0 fully saturated rings. The average Bonchev–Trinajstić information content (AvgIpc) is 2.47. The lowest BCUT2D eigenvalue weighted by molar-refractivity contribution is -0.384. The molecule has 0 aliphatic heterocycles. The van der Waals surface area contributed by atoms with Gasteiger partial charge in [0, 0.05) is 17.7 Å². The minimum absolute atomic E-state index is 0.0248. The van der Waals surface area contributed by atoms with Crippen LogP contribution in [0.25, 0.3) is 5.76 Å². The largest absolute Gasteiger partial charge is 0.506 e. The van der Waals surface area contributed by atoms with Crippen molar-refractivity contribution in [1.82, 2.24) is 0 Å². The monoisotopic (exact) mass is 343 g/mol. The lowest BCUT2D eigenvalue weighted by atomic mass is 10.1. The number of esters is 2. The molecule has 0 saturated heterocycles. The van der Waals surface area contributed by atoms with Crippen molar-refractivity contribution in [3.05, 3.63) is 44.5 Å². The first-order valence-electron chi connectivity index (χ1n) is 6.55. The van der Waals surface area contributed by atoms with Gasteiger partial charge in [-0.25, -0.2) is 9.59 Å². The molecule has 0 aromatic heterocycles. The van der Waals surface area contributed by atoms with Crippen molar-refractivity contribution in [2.75, 3.05) is 13.2 Å². The van der Waals surface area contributed by atoms with E-state index in [1.165, 1.54) is 13.8 Å². The molecule has 0 saturated carbocycles. The summed E-state index contributed by atoms with van der Waals surface area (Å²) in [5.41, 5.74) is -1.17. The zero-order valence-electron chi connectivity index (χ0n) is 12.4. The number of carbonyl (C=O) groups excluding carboxylic acids is 2. The number of aliphatic hydroxyl groups excluding tert-OH is 1. The Hall–Kier alpha value is -2.61. The van der Waals surface area contributed by atoms with E-state index < -0.39 is 28.2 Å². The molecule has 0 heterocycles. The van der Waals surface area contributed by atoms with E-state index in [9.17, 15) is 24.8 Å². The number of aliphatic hydroxyl groups is 1. The molecule has 9 heteroatoms. The predicted octanol–water partition coefficient (Wildman–Crippen LogP) is 2.64. The first-order valence-corrected chi connectivity index (χ1v) is 6.93. The third-order valence-electron chi connectivity index (χ3n) is 2.61. The Labute approximate surface area is 136 Å². The number of nitro benzene ring substituents is 1. The van der Waals surface area contributed by atoms with Crippen LogP contribution in [0.1, 0.15) is 19.4 Å². The highest BCUT2D eigenvalue weighted by Gasteiger charge is 2.28. The van der Waals surface area contributed by atoms with Crippen molar-refractivity contribution in [3.8, 4) is 0 Å². The van der Waals surface area contributed by atoms with Gasteiger partial charge in [0.2, 0.25) is 0 Å². The first-order chi connectivity index (χ1) is 10.8. The second kappa shape index (κ2) is 8.14. The molecule has 1 rings (SSSR count). The normalized spacial score (nSPS) is 9.87. The van der Waals surface area contributed by atoms with Crippen LogP contribution < -0.4 is 0 Å². The summed E-state index contributed by atoms with van der Waals surface area (Å²) in [5.74, 6) is -2.95. The molecule has 1 aromatic rings. The maximum Gasteiger partial charge on any atom is 0.349 e. The minimum Gasteiger partial charge on any atom is -0.506 e. The van der Waals surface area contributed by atoms with Gasteiger partial charge in [0.15, 0.2) is 5.57 Å². The Morgan fingerprint density at radius 1 is 1.22 bits per heavy atom.